The molecule has 5 nitrogen and oxygen atoms in total. The number of halogens is 3. The zero-order chi connectivity index (χ0) is 18.9. The average Bonchev–Trinajstić information content (AvgIpc) is 2.59. The zero-order valence-electron chi connectivity index (χ0n) is 13.7. The Morgan fingerprint density at radius 3 is 2.69 bits per heavy atom. The fourth-order valence-electron chi connectivity index (χ4n) is 2.61. The van der Waals surface area contributed by atoms with Gasteiger partial charge in [-0.2, -0.15) is 13.2 Å². The highest BCUT2D eigenvalue weighted by Crippen LogP contribution is 2.36. The molecule has 0 aliphatic heterocycles. The molecule has 3 rings (SSSR count). The van der Waals surface area contributed by atoms with E-state index in [9.17, 15) is 22.8 Å². The molecule has 0 saturated carbocycles. The second-order valence-corrected chi connectivity index (χ2v) is 5.84. The number of rotatable bonds is 4. The average molecular weight is 361 g/mol. The number of carbonyl (C=O) groups is 1. The molecule has 0 spiro atoms. The van der Waals surface area contributed by atoms with E-state index < -0.39 is 17.3 Å². The first-order chi connectivity index (χ1) is 12.3. The van der Waals surface area contributed by atoms with Gasteiger partial charge in [0.1, 0.15) is 11.6 Å². The van der Waals surface area contributed by atoms with Crippen LogP contribution in [-0.2, 0) is 17.4 Å². The molecule has 26 heavy (non-hydrogen) atoms. The Hall–Kier alpha value is -3.03. The summed E-state index contributed by atoms with van der Waals surface area (Å²) in [5.74, 6) is 0.261. The Bertz CT molecular complexity index is 1040. The highest BCUT2D eigenvalue weighted by atomic mass is 19.4. The van der Waals surface area contributed by atoms with Gasteiger partial charge in [0.05, 0.1) is 22.2 Å². The van der Waals surface area contributed by atoms with Crippen LogP contribution < -0.4 is 5.56 Å². The first kappa shape index (κ1) is 17.8. The number of H-pyrrole nitrogens is 1. The largest absolute Gasteiger partial charge is 0.418 e. The summed E-state index contributed by atoms with van der Waals surface area (Å²) in [5, 5.41) is 0.254. The molecule has 8 heteroatoms. The third kappa shape index (κ3) is 3.63. The summed E-state index contributed by atoms with van der Waals surface area (Å²) < 4.78 is 39.6. The van der Waals surface area contributed by atoms with Gasteiger partial charge >= 0.3 is 6.18 Å². The second kappa shape index (κ2) is 6.70. The molecule has 0 aliphatic rings. The van der Waals surface area contributed by atoms with Crippen LogP contribution in [0.3, 0.4) is 0 Å². The number of nitrogens with zero attached hydrogens (tertiary/aromatic N) is 2. The van der Waals surface area contributed by atoms with E-state index in [1.54, 1.807) is 0 Å². The minimum Gasteiger partial charge on any atom is -0.310 e. The molecule has 2 aromatic heterocycles. The monoisotopic (exact) mass is 361 g/mol. The van der Waals surface area contributed by atoms with Gasteiger partial charge in [-0.25, -0.2) is 4.98 Å². The lowest BCUT2D eigenvalue weighted by atomic mass is 10.0. The van der Waals surface area contributed by atoms with Crippen molar-refractivity contribution in [2.45, 2.75) is 25.9 Å². The van der Waals surface area contributed by atoms with Gasteiger partial charge in [0.25, 0.3) is 5.56 Å². The maximum atomic E-state index is 13.2. The summed E-state index contributed by atoms with van der Waals surface area (Å²) in [5.41, 5.74) is -1.03. The molecule has 0 aliphatic carbocycles. The second-order valence-electron chi connectivity index (χ2n) is 5.84. The molecular weight excluding hydrogens is 347 g/mol. The number of fused-ring (bicyclic) bond motifs is 1. The summed E-state index contributed by atoms with van der Waals surface area (Å²) in [6.07, 6.45) is -2.81. The molecule has 0 fully saturated rings. The van der Waals surface area contributed by atoms with Crippen molar-refractivity contribution < 1.29 is 18.0 Å². The number of nitrogens with one attached hydrogen (secondary N) is 1. The lowest BCUT2D eigenvalue weighted by Crippen LogP contribution is -2.13. The standard InChI is InChI=1S/C18H14F3N3O2/c1-10(25)4-7-15-23-14-9-11(5-6-12(14)17(26)24-15)16-13(18(19,20)21)3-2-8-22-16/h2-3,5-6,8-9H,4,7H2,1H3,(H,23,24,26). The molecular formula is C18H14F3N3O2. The van der Waals surface area contributed by atoms with Crippen LogP contribution in [0.25, 0.3) is 22.2 Å². The van der Waals surface area contributed by atoms with Crippen molar-refractivity contribution >= 4 is 16.7 Å². The SMILES string of the molecule is CC(=O)CCc1nc2cc(-c3ncccc3C(F)(F)F)ccc2c(=O)[nH]1. The summed E-state index contributed by atoms with van der Waals surface area (Å²) in [6.45, 7) is 1.43. The molecule has 0 bridgehead atoms. The molecule has 1 aromatic carbocycles. The van der Waals surface area contributed by atoms with Crippen molar-refractivity contribution in [3.8, 4) is 11.3 Å². The van der Waals surface area contributed by atoms with Crippen molar-refractivity contribution in [3.63, 3.8) is 0 Å². The van der Waals surface area contributed by atoms with Crippen LogP contribution in [0.4, 0.5) is 13.2 Å². The van der Waals surface area contributed by atoms with E-state index in [2.05, 4.69) is 15.0 Å². The molecule has 0 radical (unpaired) electrons. The van der Waals surface area contributed by atoms with Gasteiger partial charge < -0.3 is 9.78 Å². The quantitative estimate of drug-likeness (QED) is 0.771. The van der Waals surface area contributed by atoms with E-state index >= 15 is 0 Å². The summed E-state index contributed by atoms with van der Waals surface area (Å²) in [6, 6.07) is 6.40. The predicted octanol–water partition coefficient (Wildman–Crippen LogP) is 3.53. The van der Waals surface area contributed by atoms with Gasteiger partial charge in [-0.1, -0.05) is 6.07 Å². The van der Waals surface area contributed by atoms with Crippen LogP contribution in [0.5, 0.6) is 0 Å². The third-order valence-corrected chi connectivity index (χ3v) is 3.86. The number of pyridine rings is 1. The molecule has 0 saturated heterocycles. The van der Waals surface area contributed by atoms with Crippen molar-refractivity contribution in [2.24, 2.45) is 0 Å². The normalized spacial score (nSPS) is 11.7. The van der Waals surface area contributed by atoms with Crippen molar-refractivity contribution in [1.82, 2.24) is 15.0 Å². The van der Waals surface area contributed by atoms with Crippen molar-refractivity contribution in [3.05, 3.63) is 58.3 Å². The van der Waals surface area contributed by atoms with E-state index in [0.717, 1.165) is 6.07 Å². The molecule has 0 atom stereocenters. The number of alkyl halides is 3. The minimum absolute atomic E-state index is 0.0511. The maximum absolute atomic E-state index is 13.2. The van der Waals surface area contributed by atoms with Crippen molar-refractivity contribution in [1.29, 1.82) is 0 Å². The van der Waals surface area contributed by atoms with E-state index in [1.165, 1.54) is 37.4 Å². The van der Waals surface area contributed by atoms with Crippen LogP contribution >= 0.6 is 0 Å². The van der Waals surface area contributed by atoms with Crippen LogP contribution in [0.1, 0.15) is 24.7 Å². The highest BCUT2D eigenvalue weighted by molar-refractivity contribution is 5.83. The fraction of sp³-hybridized carbons (Fsp3) is 0.222. The number of benzene rings is 1. The molecule has 2 heterocycles. The third-order valence-electron chi connectivity index (χ3n) is 3.86. The topological polar surface area (TPSA) is 75.7 Å². The van der Waals surface area contributed by atoms with Gasteiger partial charge in [0.2, 0.25) is 0 Å². The highest BCUT2D eigenvalue weighted by Gasteiger charge is 2.34. The van der Waals surface area contributed by atoms with E-state index in [1.807, 2.05) is 0 Å². The number of hydrogen-bond donors (Lipinski definition) is 1. The van der Waals surface area contributed by atoms with Crippen LogP contribution in [-0.4, -0.2) is 20.7 Å². The number of carbonyl (C=O) groups excluding carboxylic acids is 1. The summed E-state index contributed by atoms with van der Waals surface area (Å²) in [4.78, 5) is 33.9. The van der Waals surface area contributed by atoms with Gasteiger partial charge in [-0.15, -0.1) is 0 Å². The van der Waals surface area contributed by atoms with Gasteiger partial charge in [-0.05, 0) is 31.2 Å². The Morgan fingerprint density at radius 2 is 2.00 bits per heavy atom. The Labute approximate surface area is 145 Å². The fourth-order valence-corrected chi connectivity index (χ4v) is 2.61. The summed E-state index contributed by atoms with van der Waals surface area (Å²) >= 11 is 0. The molecule has 0 unspecified atom stereocenters. The van der Waals surface area contributed by atoms with Crippen LogP contribution in [0.2, 0.25) is 0 Å². The zero-order valence-corrected chi connectivity index (χ0v) is 13.7. The Balaban J connectivity index is 2.12. The molecule has 3 aromatic rings. The van der Waals surface area contributed by atoms with Gasteiger partial charge in [0.15, 0.2) is 0 Å². The smallest absolute Gasteiger partial charge is 0.310 e. The van der Waals surface area contributed by atoms with Gasteiger partial charge in [-0.3, -0.25) is 9.78 Å². The van der Waals surface area contributed by atoms with Crippen molar-refractivity contribution in [2.75, 3.05) is 0 Å². The van der Waals surface area contributed by atoms with E-state index in [0.29, 0.717) is 5.82 Å². The number of Topliss-reactive ketones (excluding diaryl/α,β-unsaturated/α-hetero) is 1. The molecule has 0 amide bonds. The molecule has 1 N–H and O–H groups in total. The number of aromatic amines is 1. The first-order valence-electron chi connectivity index (χ1n) is 7.80. The lowest BCUT2D eigenvalue weighted by molar-refractivity contribution is -0.137. The Kier molecular flexibility index (Phi) is 4.58. The molecule has 134 valence electrons. The lowest BCUT2D eigenvalue weighted by Gasteiger charge is -2.12. The van der Waals surface area contributed by atoms with E-state index in [-0.39, 0.29) is 40.8 Å². The number of aryl methyl sites for hydroxylation is 1. The van der Waals surface area contributed by atoms with E-state index in [4.69, 9.17) is 0 Å². The maximum Gasteiger partial charge on any atom is 0.418 e. The number of ketones is 1. The Morgan fingerprint density at radius 1 is 1.23 bits per heavy atom. The van der Waals surface area contributed by atoms with Crippen LogP contribution in [0.15, 0.2) is 41.3 Å². The van der Waals surface area contributed by atoms with Gasteiger partial charge in [0, 0.05) is 24.6 Å². The predicted molar refractivity (Wildman–Crippen MR) is 89.6 cm³/mol. The van der Waals surface area contributed by atoms with Crippen LogP contribution in [0, 0.1) is 0 Å². The first-order valence-corrected chi connectivity index (χ1v) is 7.80. The number of hydrogen-bond acceptors (Lipinski definition) is 4. The summed E-state index contributed by atoms with van der Waals surface area (Å²) in [7, 11) is 0. The minimum atomic E-state index is -4.55. The number of aromatic nitrogens is 3.